The summed E-state index contributed by atoms with van der Waals surface area (Å²) in [6.45, 7) is -1.05. The fourth-order valence-corrected chi connectivity index (χ4v) is 2.28. The van der Waals surface area contributed by atoms with Crippen molar-refractivity contribution in [3.05, 3.63) is 52.0 Å². The molecule has 0 fully saturated rings. The van der Waals surface area contributed by atoms with Crippen LogP contribution < -0.4 is 4.74 Å². The van der Waals surface area contributed by atoms with Crippen LogP contribution >= 0.6 is 15.9 Å². The van der Waals surface area contributed by atoms with E-state index in [9.17, 15) is 13.6 Å². The molecule has 0 saturated heterocycles. The lowest BCUT2D eigenvalue weighted by molar-refractivity contribution is -0.0500. The topological polar surface area (TPSA) is 26.3 Å². The van der Waals surface area contributed by atoms with Gasteiger partial charge in [0.2, 0.25) is 0 Å². The molecule has 0 radical (unpaired) electrons. The summed E-state index contributed by atoms with van der Waals surface area (Å²) in [4.78, 5) is 10.8. The first-order valence-electron chi connectivity index (χ1n) is 5.82. The minimum absolute atomic E-state index is 0.0988. The van der Waals surface area contributed by atoms with Crippen molar-refractivity contribution in [1.82, 2.24) is 0 Å². The number of alkyl halides is 2. The average molecular weight is 341 g/mol. The molecule has 0 atom stereocenters. The maximum atomic E-state index is 12.4. The normalized spacial score (nSPS) is 10.7. The van der Waals surface area contributed by atoms with Gasteiger partial charge in [-0.25, -0.2) is 0 Å². The Balaban J connectivity index is 2.52. The van der Waals surface area contributed by atoms with E-state index in [1.54, 1.807) is 6.07 Å². The summed E-state index contributed by atoms with van der Waals surface area (Å²) in [5.74, 6) is -0.119. The van der Waals surface area contributed by atoms with E-state index >= 15 is 0 Å². The van der Waals surface area contributed by atoms with Crippen LogP contribution in [0.2, 0.25) is 0 Å². The zero-order valence-corrected chi connectivity index (χ0v) is 12.2. The Morgan fingerprint density at radius 3 is 2.65 bits per heavy atom. The molecule has 0 N–H and O–H groups in total. The van der Waals surface area contributed by atoms with Gasteiger partial charge in [-0.05, 0) is 41.8 Å². The number of hydrogen-bond donors (Lipinski definition) is 0. The van der Waals surface area contributed by atoms with Gasteiger partial charge in [-0.2, -0.15) is 8.78 Å². The Bertz CT molecular complexity index is 642. The van der Waals surface area contributed by atoms with E-state index in [0.717, 1.165) is 15.6 Å². The van der Waals surface area contributed by atoms with Crippen LogP contribution in [0.15, 0.2) is 40.9 Å². The third-order valence-electron chi connectivity index (χ3n) is 2.94. The van der Waals surface area contributed by atoms with Crippen molar-refractivity contribution >= 4 is 22.2 Å². The van der Waals surface area contributed by atoms with E-state index in [2.05, 4.69) is 20.7 Å². The van der Waals surface area contributed by atoms with E-state index < -0.39 is 6.61 Å². The molecule has 2 aromatic rings. The quantitative estimate of drug-likeness (QED) is 0.744. The molecule has 0 aliphatic heterocycles. The molecule has 0 amide bonds. The van der Waals surface area contributed by atoms with Crippen LogP contribution in [0.25, 0.3) is 11.1 Å². The first-order chi connectivity index (χ1) is 9.52. The second kappa shape index (κ2) is 6.13. The van der Waals surface area contributed by atoms with Gasteiger partial charge in [-0.15, -0.1) is 0 Å². The number of benzene rings is 2. The predicted octanol–water partition coefficient (Wildman–Crippen LogP) is 4.84. The number of carbonyl (C=O) groups is 1. The molecule has 0 heterocycles. The van der Waals surface area contributed by atoms with Crippen LogP contribution in [0.4, 0.5) is 8.78 Å². The molecule has 0 aromatic heterocycles. The van der Waals surface area contributed by atoms with E-state index in [1.165, 1.54) is 12.1 Å². The van der Waals surface area contributed by atoms with Crippen LogP contribution in [0.3, 0.4) is 0 Å². The van der Waals surface area contributed by atoms with Crippen molar-refractivity contribution in [2.45, 2.75) is 13.5 Å². The molecule has 5 heteroatoms. The van der Waals surface area contributed by atoms with Gasteiger partial charge in [0, 0.05) is 4.47 Å². The lowest BCUT2D eigenvalue weighted by Crippen LogP contribution is -2.04. The van der Waals surface area contributed by atoms with Crippen molar-refractivity contribution in [3.8, 4) is 16.9 Å². The maximum Gasteiger partial charge on any atom is 0.387 e. The van der Waals surface area contributed by atoms with E-state index in [-0.39, 0.29) is 11.3 Å². The summed E-state index contributed by atoms with van der Waals surface area (Å²) in [5, 5.41) is 0. The van der Waals surface area contributed by atoms with Gasteiger partial charge in [-0.1, -0.05) is 34.1 Å². The van der Waals surface area contributed by atoms with Crippen molar-refractivity contribution in [3.63, 3.8) is 0 Å². The Hall–Kier alpha value is -1.75. The van der Waals surface area contributed by atoms with Gasteiger partial charge in [-0.3, -0.25) is 4.79 Å². The Kier molecular flexibility index (Phi) is 4.49. The molecule has 0 saturated carbocycles. The highest BCUT2D eigenvalue weighted by molar-refractivity contribution is 9.10. The lowest BCUT2D eigenvalue weighted by atomic mass is 9.99. The molecular formula is C15H11BrF2O2. The van der Waals surface area contributed by atoms with Gasteiger partial charge >= 0.3 is 6.61 Å². The van der Waals surface area contributed by atoms with E-state index in [4.69, 9.17) is 0 Å². The molecule has 0 unspecified atom stereocenters. The average Bonchev–Trinajstić information content (AvgIpc) is 2.41. The SMILES string of the molecule is Cc1c(Br)cccc1-c1ccc(C=O)c(OC(F)F)c1. The van der Waals surface area contributed by atoms with Gasteiger partial charge in [0.25, 0.3) is 0 Å². The Labute approximate surface area is 123 Å². The third kappa shape index (κ3) is 3.04. The van der Waals surface area contributed by atoms with Crippen molar-refractivity contribution in [2.24, 2.45) is 0 Å². The number of aldehydes is 1. The van der Waals surface area contributed by atoms with Crippen molar-refractivity contribution in [1.29, 1.82) is 0 Å². The third-order valence-corrected chi connectivity index (χ3v) is 3.79. The highest BCUT2D eigenvalue weighted by Gasteiger charge is 2.12. The smallest absolute Gasteiger partial charge is 0.387 e. The standard InChI is InChI=1S/C15H11BrF2O2/c1-9-12(3-2-4-13(9)16)10-5-6-11(8-19)14(7-10)20-15(17)18/h2-8,15H,1H3. The van der Waals surface area contributed by atoms with Crippen LogP contribution in [0.1, 0.15) is 15.9 Å². The first-order valence-corrected chi connectivity index (χ1v) is 6.61. The van der Waals surface area contributed by atoms with Crippen LogP contribution in [-0.2, 0) is 0 Å². The van der Waals surface area contributed by atoms with Crippen molar-refractivity contribution < 1.29 is 18.3 Å². The molecule has 0 bridgehead atoms. The van der Waals surface area contributed by atoms with E-state index in [1.807, 2.05) is 25.1 Å². The monoisotopic (exact) mass is 340 g/mol. The second-order valence-corrected chi connectivity index (χ2v) is 5.02. The van der Waals surface area contributed by atoms with Crippen LogP contribution in [0.5, 0.6) is 5.75 Å². The highest BCUT2D eigenvalue weighted by Crippen LogP contribution is 2.32. The minimum Gasteiger partial charge on any atom is -0.434 e. The Morgan fingerprint density at radius 1 is 1.25 bits per heavy atom. The second-order valence-electron chi connectivity index (χ2n) is 4.16. The van der Waals surface area contributed by atoms with Gasteiger partial charge in [0.15, 0.2) is 6.29 Å². The number of halogens is 3. The molecule has 2 nitrogen and oxygen atoms in total. The fourth-order valence-electron chi connectivity index (χ4n) is 1.92. The highest BCUT2D eigenvalue weighted by atomic mass is 79.9. The van der Waals surface area contributed by atoms with Gasteiger partial charge in [0.05, 0.1) is 5.56 Å². The summed E-state index contributed by atoms with van der Waals surface area (Å²) in [7, 11) is 0. The largest absolute Gasteiger partial charge is 0.434 e. The minimum atomic E-state index is -2.97. The maximum absolute atomic E-state index is 12.4. The fraction of sp³-hybridized carbons (Fsp3) is 0.133. The molecular weight excluding hydrogens is 330 g/mol. The number of ether oxygens (including phenoxy) is 1. The number of carbonyl (C=O) groups excluding carboxylic acids is 1. The predicted molar refractivity (Wildman–Crippen MR) is 76.3 cm³/mol. The van der Waals surface area contributed by atoms with Crippen LogP contribution in [0, 0.1) is 6.92 Å². The molecule has 20 heavy (non-hydrogen) atoms. The summed E-state index contributed by atoms with van der Waals surface area (Å²) in [6.07, 6.45) is 0.495. The molecule has 0 aliphatic carbocycles. The van der Waals surface area contributed by atoms with E-state index in [0.29, 0.717) is 11.8 Å². The van der Waals surface area contributed by atoms with Crippen LogP contribution in [-0.4, -0.2) is 12.9 Å². The molecule has 0 spiro atoms. The number of hydrogen-bond acceptors (Lipinski definition) is 2. The molecule has 2 rings (SSSR count). The zero-order chi connectivity index (χ0) is 14.7. The van der Waals surface area contributed by atoms with Crippen molar-refractivity contribution in [2.75, 3.05) is 0 Å². The molecule has 0 aliphatic rings. The van der Waals surface area contributed by atoms with Gasteiger partial charge < -0.3 is 4.74 Å². The lowest BCUT2D eigenvalue weighted by Gasteiger charge is -2.12. The van der Waals surface area contributed by atoms with Gasteiger partial charge in [0.1, 0.15) is 5.75 Å². The molecule has 2 aromatic carbocycles. The summed E-state index contributed by atoms with van der Waals surface area (Å²) in [6, 6.07) is 10.3. The first kappa shape index (κ1) is 14.7. The molecule has 104 valence electrons. The zero-order valence-electron chi connectivity index (χ0n) is 10.6. The summed E-state index contributed by atoms with van der Waals surface area (Å²) in [5.41, 5.74) is 2.68. The summed E-state index contributed by atoms with van der Waals surface area (Å²) >= 11 is 3.42. The summed E-state index contributed by atoms with van der Waals surface area (Å²) < 4.78 is 30.1. The number of rotatable bonds is 4. The Morgan fingerprint density at radius 2 is 2.00 bits per heavy atom.